The molecule has 4 nitrogen and oxygen atoms in total. The summed E-state index contributed by atoms with van der Waals surface area (Å²) in [5, 5.41) is 6.90. The van der Waals surface area contributed by atoms with Crippen molar-refractivity contribution in [3.63, 3.8) is 0 Å². The summed E-state index contributed by atoms with van der Waals surface area (Å²) >= 11 is 2.81. The number of esters is 1. The van der Waals surface area contributed by atoms with Gasteiger partial charge in [0.2, 0.25) is 0 Å². The molecular weight excluding hydrogens is 212 g/mol. The zero-order chi connectivity index (χ0) is 8.85. The molecule has 62 valence electrons. The van der Waals surface area contributed by atoms with Crippen LogP contribution >= 0.6 is 15.9 Å². The summed E-state index contributed by atoms with van der Waals surface area (Å²) in [4.78, 5) is 10.7. The second-order valence-electron chi connectivity index (χ2n) is 1.67. The van der Waals surface area contributed by atoms with Gasteiger partial charge in [-0.25, -0.2) is 4.79 Å². The van der Waals surface area contributed by atoms with Crippen LogP contribution < -0.4 is 5.73 Å². The Labute approximate surface area is 73.0 Å². The highest BCUT2D eigenvalue weighted by Crippen LogP contribution is 1.94. The molecule has 0 heterocycles. The van der Waals surface area contributed by atoms with Gasteiger partial charge in [-0.1, -0.05) is 0 Å². The fraction of sp³-hybridized carbons (Fsp3) is 0.333. The molecule has 0 fully saturated rings. The Morgan fingerprint density at radius 2 is 2.36 bits per heavy atom. The summed E-state index contributed by atoms with van der Waals surface area (Å²) in [6, 6.07) is 0. The van der Waals surface area contributed by atoms with E-state index >= 15 is 0 Å². The van der Waals surface area contributed by atoms with Gasteiger partial charge < -0.3 is 10.5 Å². The molecule has 3 N–H and O–H groups in total. The summed E-state index contributed by atoms with van der Waals surface area (Å²) in [6.45, 7) is 1.97. The minimum Gasteiger partial charge on any atom is -0.461 e. The van der Waals surface area contributed by atoms with Crippen molar-refractivity contribution >= 4 is 26.5 Å². The van der Waals surface area contributed by atoms with Crippen LogP contribution in [0.5, 0.6) is 0 Å². The highest BCUT2D eigenvalue weighted by molar-refractivity contribution is 9.18. The van der Waals surface area contributed by atoms with Gasteiger partial charge in [0.1, 0.15) is 5.70 Å². The molecule has 0 unspecified atom stereocenters. The summed E-state index contributed by atoms with van der Waals surface area (Å²) in [5.74, 6) is -0.600. The topological polar surface area (TPSA) is 76.2 Å². The Balaban J connectivity index is 4.12. The minimum absolute atomic E-state index is 0.0445. The molecule has 0 aliphatic heterocycles. The summed E-state index contributed by atoms with van der Waals surface area (Å²) in [7, 11) is 0. The van der Waals surface area contributed by atoms with Crippen LogP contribution in [0.3, 0.4) is 0 Å². The largest absolute Gasteiger partial charge is 0.461 e. The SMILES string of the molecule is CCOC(=O)/C(N)=C/C(=N)Br. The van der Waals surface area contributed by atoms with E-state index in [2.05, 4.69) is 20.7 Å². The maximum absolute atomic E-state index is 10.7. The maximum atomic E-state index is 10.7. The third-order valence-corrected chi connectivity index (χ3v) is 1.02. The highest BCUT2D eigenvalue weighted by atomic mass is 79.9. The Morgan fingerprint density at radius 1 is 1.82 bits per heavy atom. The number of hydrogen-bond donors (Lipinski definition) is 2. The van der Waals surface area contributed by atoms with Crippen molar-refractivity contribution in [1.82, 2.24) is 0 Å². The van der Waals surface area contributed by atoms with Gasteiger partial charge in [0, 0.05) is 6.08 Å². The van der Waals surface area contributed by atoms with Gasteiger partial charge in [-0.15, -0.1) is 0 Å². The molecule has 0 spiro atoms. The number of rotatable bonds is 3. The van der Waals surface area contributed by atoms with Crippen LogP contribution in [-0.2, 0) is 9.53 Å². The highest BCUT2D eigenvalue weighted by Gasteiger charge is 2.04. The molecule has 0 aromatic rings. The average Bonchev–Trinajstić information content (AvgIpc) is 1.86. The number of carbonyl (C=O) groups is 1. The zero-order valence-corrected chi connectivity index (χ0v) is 7.64. The molecule has 0 bridgehead atoms. The van der Waals surface area contributed by atoms with E-state index in [9.17, 15) is 4.79 Å². The van der Waals surface area contributed by atoms with Crippen LogP contribution in [0.1, 0.15) is 6.92 Å². The van der Waals surface area contributed by atoms with Crippen molar-refractivity contribution in [2.45, 2.75) is 6.92 Å². The van der Waals surface area contributed by atoms with Gasteiger partial charge in [0.05, 0.1) is 11.2 Å². The number of allylic oxidation sites excluding steroid dienone is 1. The lowest BCUT2D eigenvalue weighted by atomic mass is 10.4. The zero-order valence-electron chi connectivity index (χ0n) is 6.06. The smallest absolute Gasteiger partial charge is 0.354 e. The van der Waals surface area contributed by atoms with E-state index in [0.29, 0.717) is 0 Å². The van der Waals surface area contributed by atoms with Gasteiger partial charge in [-0.3, -0.25) is 5.41 Å². The number of nitrogens with one attached hydrogen (secondary N) is 1. The van der Waals surface area contributed by atoms with Crippen molar-refractivity contribution in [3.05, 3.63) is 11.8 Å². The lowest BCUT2D eigenvalue weighted by Gasteiger charge is -1.99. The first-order valence-corrected chi connectivity index (χ1v) is 3.75. The maximum Gasteiger partial charge on any atom is 0.354 e. The first-order chi connectivity index (χ1) is 5.07. The van der Waals surface area contributed by atoms with Crippen LogP contribution in [0, 0.1) is 5.41 Å². The third-order valence-electron chi connectivity index (χ3n) is 0.793. The van der Waals surface area contributed by atoms with Crippen molar-refractivity contribution in [3.8, 4) is 0 Å². The summed E-state index contributed by atoms with van der Waals surface area (Å²) < 4.78 is 4.60. The van der Waals surface area contributed by atoms with E-state index in [1.165, 1.54) is 6.08 Å². The van der Waals surface area contributed by atoms with Crippen molar-refractivity contribution in [1.29, 1.82) is 5.41 Å². The van der Waals surface area contributed by atoms with Gasteiger partial charge in [-0.2, -0.15) is 0 Å². The fourth-order valence-corrected chi connectivity index (χ4v) is 0.657. The molecule has 0 aromatic heterocycles. The lowest BCUT2D eigenvalue weighted by Crippen LogP contribution is -2.15. The quantitative estimate of drug-likeness (QED) is 0.419. The first kappa shape index (κ1) is 10.2. The predicted octanol–water partition coefficient (Wildman–Crippen LogP) is 0.764. The van der Waals surface area contributed by atoms with Gasteiger partial charge in [-0.05, 0) is 22.9 Å². The van der Waals surface area contributed by atoms with Crippen LogP contribution in [0.2, 0.25) is 0 Å². The van der Waals surface area contributed by atoms with E-state index < -0.39 is 5.97 Å². The van der Waals surface area contributed by atoms with E-state index in [4.69, 9.17) is 11.1 Å². The molecule has 11 heavy (non-hydrogen) atoms. The second kappa shape index (κ2) is 4.90. The average molecular weight is 221 g/mol. The molecule has 0 aliphatic rings. The lowest BCUT2D eigenvalue weighted by molar-refractivity contribution is -0.138. The molecule has 0 aliphatic carbocycles. The monoisotopic (exact) mass is 220 g/mol. The van der Waals surface area contributed by atoms with Crippen LogP contribution in [0.15, 0.2) is 11.8 Å². The number of nitrogens with two attached hydrogens (primary N) is 1. The Bertz CT molecular complexity index is 201. The fourth-order valence-electron chi connectivity index (χ4n) is 0.410. The van der Waals surface area contributed by atoms with Gasteiger partial charge in [0.15, 0.2) is 0 Å². The standard InChI is InChI=1S/C6H9BrN2O2/c1-2-11-6(10)4(8)3-5(7)9/h3,9H,2,8H2,1H3/b4-3-,9-5?. The molecule has 5 heteroatoms. The van der Waals surface area contributed by atoms with Crippen molar-refractivity contribution in [2.24, 2.45) is 5.73 Å². The molecule has 0 atom stereocenters. The van der Waals surface area contributed by atoms with Crippen LogP contribution in [0.4, 0.5) is 0 Å². The summed E-state index contributed by atoms with van der Waals surface area (Å²) in [5.41, 5.74) is 5.14. The third kappa shape index (κ3) is 4.55. The van der Waals surface area contributed by atoms with Crippen molar-refractivity contribution < 1.29 is 9.53 Å². The normalized spacial score (nSPS) is 10.9. The molecular formula is C6H9BrN2O2. The van der Waals surface area contributed by atoms with Crippen molar-refractivity contribution in [2.75, 3.05) is 6.61 Å². The number of ether oxygens (including phenoxy) is 1. The number of halogens is 1. The number of hydrogen-bond acceptors (Lipinski definition) is 4. The molecule has 0 radical (unpaired) electrons. The molecule has 0 amide bonds. The second-order valence-corrected chi connectivity index (χ2v) is 2.52. The summed E-state index contributed by atoms with van der Waals surface area (Å²) in [6.07, 6.45) is 1.18. The van der Waals surface area contributed by atoms with Crippen LogP contribution in [-0.4, -0.2) is 17.2 Å². The first-order valence-electron chi connectivity index (χ1n) is 2.96. The van der Waals surface area contributed by atoms with Crippen LogP contribution in [0.25, 0.3) is 0 Å². The van der Waals surface area contributed by atoms with E-state index in [-0.39, 0.29) is 16.9 Å². The molecule has 0 rings (SSSR count). The molecule has 0 saturated carbocycles. The molecule has 0 saturated heterocycles. The Hall–Kier alpha value is -0.840. The number of carbonyl (C=O) groups excluding carboxylic acids is 1. The molecule has 0 aromatic carbocycles. The minimum atomic E-state index is -0.600. The predicted molar refractivity (Wildman–Crippen MR) is 45.6 cm³/mol. The Morgan fingerprint density at radius 3 is 2.73 bits per heavy atom. The van der Waals surface area contributed by atoms with Gasteiger partial charge >= 0.3 is 5.97 Å². The van der Waals surface area contributed by atoms with E-state index in [0.717, 1.165) is 0 Å². The van der Waals surface area contributed by atoms with E-state index in [1.54, 1.807) is 6.92 Å². The Kier molecular flexibility index (Phi) is 4.52. The van der Waals surface area contributed by atoms with Gasteiger partial charge in [0.25, 0.3) is 0 Å². The van der Waals surface area contributed by atoms with E-state index in [1.807, 2.05) is 0 Å².